The summed E-state index contributed by atoms with van der Waals surface area (Å²) in [5.41, 5.74) is 0.564. The summed E-state index contributed by atoms with van der Waals surface area (Å²) < 4.78 is 12.7. The highest BCUT2D eigenvalue weighted by molar-refractivity contribution is 5.96. The predicted octanol–water partition coefficient (Wildman–Crippen LogP) is 4.05. The number of hydrogen-bond acceptors (Lipinski definition) is 2. The van der Waals surface area contributed by atoms with Crippen LogP contribution >= 0.6 is 0 Å². The number of aliphatic imine (C=N–C) groups is 1. The van der Waals surface area contributed by atoms with Gasteiger partial charge in [-0.05, 0) is 43.0 Å². The molecule has 0 atom stereocenters. The van der Waals surface area contributed by atoms with Crippen LogP contribution in [0.25, 0.3) is 0 Å². The molecule has 1 aliphatic carbocycles. The lowest BCUT2D eigenvalue weighted by atomic mass is 9.90. The Morgan fingerprint density at radius 2 is 1.89 bits per heavy atom. The largest absolute Gasteiger partial charge is 0.297 e. The highest BCUT2D eigenvalue weighted by atomic mass is 19.1. The van der Waals surface area contributed by atoms with Crippen LogP contribution in [0, 0.1) is 11.7 Å². The highest BCUT2D eigenvalue weighted by Gasteiger charge is 2.10. The quantitative estimate of drug-likeness (QED) is 0.580. The van der Waals surface area contributed by atoms with Crippen molar-refractivity contribution in [2.45, 2.75) is 38.5 Å². The Balaban J connectivity index is 1.74. The topological polar surface area (TPSA) is 29.4 Å². The average Bonchev–Trinajstić information content (AvgIpc) is 2.45. The minimum absolute atomic E-state index is 0.0285. The second-order valence-corrected chi connectivity index (χ2v) is 5.13. The van der Waals surface area contributed by atoms with E-state index in [1.54, 1.807) is 0 Å². The zero-order chi connectivity index (χ0) is 13.5. The summed E-state index contributed by atoms with van der Waals surface area (Å²) in [6.45, 7) is 0.534. The zero-order valence-electron chi connectivity index (χ0n) is 11.1. The molecular formula is C16H20FNO. The maximum Gasteiger partial charge on any atom is 0.164 e. The van der Waals surface area contributed by atoms with Gasteiger partial charge in [-0.3, -0.25) is 9.79 Å². The molecule has 2 rings (SSSR count). The molecule has 102 valence electrons. The van der Waals surface area contributed by atoms with Crippen LogP contribution in [0.5, 0.6) is 0 Å². The van der Waals surface area contributed by atoms with Crippen molar-refractivity contribution < 1.29 is 9.18 Å². The summed E-state index contributed by atoms with van der Waals surface area (Å²) in [6.07, 6.45) is 8.82. The molecule has 0 unspecified atom stereocenters. The van der Waals surface area contributed by atoms with Crippen LogP contribution in [0.15, 0.2) is 29.3 Å². The minimum atomic E-state index is -0.313. The number of Topliss-reactive ketones (excluding diaryl/α,β-unsaturated/α-hetero) is 1. The summed E-state index contributed by atoms with van der Waals surface area (Å²) in [5.74, 6) is 0.322. The van der Waals surface area contributed by atoms with Crippen LogP contribution in [-0.4, -0.2) is 18.5 Å². The first-order valence-electron chi connectivity index (χ1n) is 7.04. The number of rotatable bonds is 5. The monoisotopic (exact) mass is 261 g/mol. The standard InChI is InChI=1S/C16H20FNO/c17-15-8-6-14(7-9-15)16(19)10-11-18-12-13-4-2-1-3-5-13/h6-9,12-13H,1-5,10-11H2. The summed E-state index contributed by atoms with van der Waals surface area (Å²) in [4.78, 5) is 16.2. The van der Waals surface area contributed by atoms with Gasteiger partial charge in [0.2, 0.25) is 0 Å². The van der Waals surface area contributed by atoms with Gasteiger partial charge in [-0.25, -0.2) is 4.39 Å². The van der Waals surface area contributed by atoms with Crippen molar-refractivity contribution >= 4 is 12.0 Å². The van der Waals surface area contributed by atoms with E-state index >= 15 is 0 Å². The number of halogens is 1. The van der Waals surface area contributed by atoms with Gasteiger partial charge in [0, 0.05) is 24.7 Å². The number of benzene rings is 1. The molecule has 2 nitrogen and oxygen atoms in total. The van der Waals surface area contributed by atoms with E-state index < -0.39 is 0 Å². The molecule has 0 N–H and O–H groups in total. The fourth-order valence-corrected chi connectivity index (χ4v) is 2.45. The molecule has 1 aromatic rings. The fraction of sp³-hybridized carbons (Fsp3) is 0.500. The lowest BCUT2D eigenvalue weighted by molar-refractivity contribution is 0.0985. The molecular weight excluding hydrogens is 241 g/mol. The third kappa shape index (κ3) is 4.58. The third-order valence-corrected chi connectivity index (χ3v) is 3.60. The molecule has 0 amide bonds. The number of carbonyl (C=O) groups is 1. The maximum atomic E-state index is 12.7. The van der Waals surface area contributed by atoms with E-state index in [9.17, 15) is 9.18 Å². The molecule has 0 radical (unpaired) electrons. The Morgan fingerprint density at radius 1 is 1.21 bits per heavy atom. The lowest BCUT2D eigenvalue weighted by Gasteiger charge is -2.16. The summed E-state index contributed by atoms with van der Waals surface area (Å²) in [6, 6.07) is 5.70. The normalized spacial score (nSPS) is 16.9. The van der Waals surface area contributed by atoms with Gasteiger partial charge in [0.1, 0.15) is 5.82 Å². The van der Waals surface area contributed by atoms with Crippen molar-refractivity contribution in [3.63, 3.8) is 0 Å². The molecule has 0 spiro atoms. The molecule has 1 fully saturated rings. The molecule has 0 heterocycles. The van der Waals surface area contributed by atoms with Gasteiger partial charge in [-0.2, -0.15) is 0 Å². The average molecular weight is 261 g/mol. The number of nitrogens with zero attached hydrogens (tertiary/aromatic N) is 1. The van der Waals surface area contributed by atoms with Crippen molar-refractivity contribution in [1.82, 2.24) is 0 Å². The number of carbonyl (C=O) groups excluding carboxylic acids is 1. The van der Waals surface area contributed by atoms with Crippen LogP contribution in [0.3, 0.4) is 0 Å². The van der Waals surface area contributed by atoms with Gasteiger partial charge >= 0.3 is 0 Å². The highest BCUT2D eigenvalue weighted by Crippen LogP contribution is 2.21. The predicted molar refractivity (Wildman–Crippen MR) is 75.3 cm³/mol. The van der Waals surface area contributed by atoms with Gasteiger partial charge in [0.25, 0.3) is 0 Å². The third-order valence-electron chi connectivity index (χ3n) is 3.60. The van der Waals surface area contributed by atoms with Crippen molar-refractivity contribution in [3.05, 3.63) is 35.6 Å². The number of hydrogen-bond donors (Lipinski definition) is 0. The van der Waals surface area contributed by atoms with E-state index in [1.807, 2.05) is 6.21 Å². The lowest BCUT2D eigenvalue weighted by Crippen LogP contribution is -2.08. The van der Waals surface area contributed by atoms with E-state index in [4.69, 9.17) is 0 Å². The van der Waals surface area contributed by atoms with Gasteiger partial charge < -0.3 is 0 Å². The van der Waals surface area contributed by atoms with Crippen LogP contribution in [0.1, 0.15) is 48.9 Å². The second kappa shape index (κ2) is 7.17. The van der Waals surface area contributed by atoms with Crippen molar-refractivity contribution in [1.29, 1.82) is 0 Å². The Bertz CT molecular complexity index is 433. The zero-order valence-corrected chi connectivity index (χ0v) is 11.1. The van der Waals surface area contributed by atoms with Gasteiger partial charge in [0.05, 0.1) is 0 Å². The van der Waals surface area contributed by atoms with E-state index in [0.717, 1.165) is 0 Å². The maximum absolute atomic E-state index is 12.7. The van der Waals surface area contributed by atoms with E-state index in [1.165, 1.54) is 56.4 Å². The Kier molecular flexibility index (Phi) is 5.25. The van der Waals surface area contributed by atoms with Crippen molar-refractivity contribution in [3.8, 4) is 0 Å². The van der Waals surface area contributed by atoms with Crippen LogP contribution in [-0.2, 0) is 0 Å². The van der Waals surface area contributed by atoms with Crippen LogP contribution in [0.4, 0.5) is 4.39 Å². The van der Waals surface area contributed by atoms with E-state index in [2.05, 4.69) is 4.99 Å². The Labute approximate surface area is 113 Å². The Hall–Kier alpha value is -1.51. The van der Waals surface area contributed by atoms with Crippen LogP contribution < -0.4 is 0 Å². The smallest absolute Gasteiger partial charge is 0.164 e. The molecule has 0 aromatic heterocycles. The van der Waals surface area contributed by atoms with Gasteiger partial charge in [-0.15, -0.1) is 0 Å². The molecule has 19 heavy (non-hydrogen) atoms. The molecule has 1 saturated carbocycles. The molecule has 0 saturated heterocycles. The van der Waals surface area contributed by atoms with Crippen LogP contribution in [0.2, 0.25) is 0 Å². The summed E-state index contributed by atoms with van der Waals surface area (Å²) in [7, 11) is 0. The molecule has 0 bridgehead atoms. The summed E-state index contributed by atoms with van der Waals surface area (Å²) >= 11 is 0. The van der Waals surface area contributed by atoms with Crippen molar-refractivity contribution in [2.24, 2.45) is 10.9 Å². The fourth-order valence-electron chi connectivity index (χ4n) is 2.45. The molecule has 3 heteroatoms. The van der Waals surface area contributed by atoms with E-state index in [0.29, 0.717) is 24.4 Å². The second-order valence-electron chi connectivity index (χ2n) is 5.13. The first-order valence-corrected chi connectivity index (χ1v) is 7.04. The summed E-state index contributed by atoms with van der Waals surface area (Å²) in [5, 5.41) is 0. The van der Waals surface area contributed by atoms with Gasteiger partial charge in [0.15, 0.2) is 5.78 Å². The molecule has 1 aliphatic rings. The number of ketones is 1. The first-order chi connectivity index (χ1) is 9.25. The van der Waals surface area contributed by atoms with Crippen molar-refractivity contribution in [2.75, 3.05) is 6.54 Å². The SMILES string of the molecule is O=C(CCN=CC1CCCCC1)c1ccc(F)cc1. The van der Waals surface area contributed by atoms with Gasteiger partial charge in [-0.1, -0.05) is 19.3 Å². The first kappa shape index (κ1) is 13.9. The molecule has 0 aliphatic heterocycles. The Morgan fingerprint density at radius 3 is 2.58 bits per heavy atom. The minimum Gasteiger partial charge on any atom is -0.297 e. The molecule has 1 aromatic carbocycles. The van der Waals surface area contributed by atoms with E-state index in [-0.39, 0.29) is 11.6 Å².